The fraction of sp³-hybridized carbons (Fsp3) is 0.448. The predicted molar refractivity (Wildman–Crippen MR) is 145 cm³/mol. The van der Waals surface area contributed by atoms with Gasteiger partial charge in [-0.25, -0.2) is 18.7 Å². The number of rotatable bonds is 5. The smallest absolute Gasteiger partial charge is 0.178 e. The van der Waals surface area contributed by atoms with E-state index in [-0.39, 0.29) is 17.5 Å². The number of nitrogens with one attached hydrogen (secondary N) is 1. The van der Waals surface area contributed by atoms with E-state index < -0.39 is 11.6 Å². The van der Waals surface area contributed by atoms with E-state index in [9.17, 15) is 0 Å². The number of nitrogens with zero attached hydrogens (tertiary/aromatic N) is 5. The number of fused-ring (bicyclic) bond motifs is 2. The predicted octanol–water partition coefficient (Wildman–Crippen LogP) is 3.97. The summed E-state index contributed by atoms with van der Waals surface area (Å²) in [6.07, 6.45) is 1.68. The maximum Gasteiger partial charge on any atom is 0.178 e. The lowest BCUT2D eigenvalue weighted by atomic mass is 9.98. The Morgan fingerprint density at radius 2 is 1.76 bits per heavy atom. The number of halogens is 2. The zero-order valence-corrected chi connectivity index (χ0v) is 22.2. The molecule has 0 bridgehead atoms. The van der Waals surface area contributed by atoms with Crippen LogP contribution in [0.5, 0.6) is 5.75 Å². The third-order valence-corrected chi connectivity index (χ3v) is 7.90. The van der Waals surface area contributed by atoms with Crippen molar-refractivity contribution in [3.63, 3.8) is 0 Å². The van der Waals surface area contributed by atoms with Crippen molar-refractivity contribution in [2.24, 2.45) is 0 Å². The van der Waals surface area contributed by atoms with Crippen molar-refractivity contribution in [2.45, 2.75) is 39.4 Å². The van der Waals surface area contributed by atoms with Crippen LogP contribution in [-0.4, -0.2) is 67.3 Å². The molecule has 6 rings (SSSR count). The first-order chi connectivity index (χ1) is 18.4. The molecule has 0 unspecified atom stereocenters. The Kier molecular flexibility index (Phi) is 6.65. The van der Waals surface area contributed by atoms with Crippen LogP contribution >= 0.6 is 0 Å². The molecule has 38 heavy (non-hydrogen) atoms. The van der Waals surface area contributed by atoms with E-state index in [1.54, 1.807) is 6.07 Å². The third-order valence-electron chi connectivity index (χ3n) is 7.90. The lowest BCUT2D eigenvalue weighted by molar-refractivity contribution is 0.287. The van der Waals surface area contributed by atoms with E-state index in [4.69, 9.17) is 4.74 Å². The summed E-state index contributed by atoms with van der Waals surface area (Å²) in [5.74, 6) is -0.353. The second-order valence-electron chi connectivity index (χ2n) is 10.7. The van der Waals surface area contributed by atoms with Crippen LogP contribution in [0.15, 0.2) is 30.5 Å². The summed E-state index contributed by atoms with van der Waals surface area (Å²) in [7, 11) is 2.16. The largest absolute Gasteiger partial charge is 0.486 e. The summed E-state index contributed by atoms with van der Waals surface area (Å²) >= 11 is 0. The number of aromatic nitrogens is 2. The minimum Gasteiger partial charge on any atom is -0.486 e. The first-order valence-electron chi connectivity index (χ1n) is 13.4. The van der Waals surface area contributed by atoms with Gasteiger partial charge in [0.1, 0.15) is 18.1 Å². The zero-order valence-electron chi connectivity index (χ0n) is 22.2. The van der Waals surface area contributed by atoms with Crippen molar-refractivity contribution >= 4 is 11.4 Å². The highest BCUT2D eigenvalue weighted by atomic mass is 19.1. The summed E-state index contributed by atoms with van der Waals surface area (Å²) in [5.41, 5.74) is 6.16. The van der Waals surface area contributed by atoms with Gasteiger partial charge in [-0.3, -0.25) is 0 Å². The van der Waals surface area contributed by atoms with Gasteiger partial charge in [0, 0.05) is 63.0 Å². The average molecular weight is 521 g/mol. The van der Waals surface area contributed by atoms with Crippen molar-refractivity contribution in [1.82, 2.24) is 20.2 Å². The Labute approximate surface area is 222 Å². The quantitative estimate of drug-likeness (QED) is 0.546. The number of anilines is 2. The molecule has 1 saturated heterocycles. The molecule has 9 heteroatoms. The lowest BCUT2D eigenvalue weighted by Gasteiger charge is -2.35. The van der Waals surface area contributed by atoms with Gasteiger partial charge in [-0.2, -0.15) is 0 Å². The molecule has 0 radical (unpaired) electrons. The van der Waals surface area contributed by atoms with Crippen LogP contribution in [0.3, 0.4) is 0 Å². The topological polar surface area (TPSA) is 56.8 Å². The number of piperazine rings is 1. The summed E-state index contributed by atoms with van der Waals surface area (Å²) in [6, 6.07) is 7.60. The Bertz CT molecular complexity index is 1360. The Balaban J connectivity index is 1.32. The van der Waals surface area contributed by atoms with E-state index in [2.05, 4.69) is 49.2 Å². The molecule has 3 aromatic rings. The van der Waals surface area contributed by atoms with E-state index in [0.29, 0.717) is 36.6 Å². The highest BCUT2D eigenvalue weighted by molar-refractivity contribution is 5.72. The van der Waals surface area contributed by atoms with E-state index >= 15 is 8.78 Å². The van der Waals surface area contributed by atoms with Gasteiger partial charge in [0.2, 0.25) is 0 Å². The average Bonchev–Trinajstić information content (AvgIpc) is 3.41. The molecule has 200 valence electrons. The molecule has 3 aliphatic heterocycles. The van der Waals surface area contributed by atoms with Crippen LogP contribution in [0.1, 0.15) is 36.4 Å². The Hall–Kier alpha value is -3.30. The van der Waals surface area contributed by atoms with Crippen LogP contribution in [0.25, 0.3) is 11.3 Å². The van der Waals surface area contributed by atoms with Crippen molar-refractivity contribution in [3.05, 3.63) is 64.6 Å². The lowest BCUT2D eigenvalue weighted by Crippen LogP contribution is -2.44. The fourth-order valence-corrected chi connectivity index (χ4v) is 5.80. The Morgan fingerprint density at radius 3 is 2.55 bits per heavy atom. The van der Waals surface area contributed by atoms with Crippen molar-refractivity contribution in [3.8, 4) is 17.0 Å². The molecular formula is C29H34F2N6O. The number of ether oxygens (including phenoxy) is 1. The molecule has 7 nitrogen and oxygen atoms in total. The van der Waals surface area contributed by atoms with Gasteiger partial charge >= 0.3 is 0 Å². The van der Waals surface area contributed by atoms with Crippen molar-refractivity contribution < 1.29 is 13.5 Å². The normalized spacial score (nSPS) is 17.5. The van der Waals surface area contributed by atoms with Gasteiger partial charge in [0.05, 0.1) is 18.4 Å². The highest BCUT2D eigenvalue weighted by Gasteiger charge is 2.27. The van der Waals surface area contributed by atoms with Crippen LogP contribution in [-0.2, 0) is 19.5 Å². The summed E-state index contributed by atoms with van der Waals surface area (Å²) in [4.78, 5) is 15.8. The molecule has 3 aliphatic rings. The molecule has 4 heterocycles. The highest BCUT2D eigenvalue weighted by Crippen LogP contribution is 2.39. The second kappa shape index (κ2) is 10.1. The first-order valence-corrected chi connectivity index (χ1v) is 13.4. The summed E-state index contributed by atoms with van der Waals surface area (Å²) < 4.78 is 35.7. The molecule has 0 spiro atoms. The molecule has 1 fully saturated rings. The monoisotopic (exact) mass is 520 g/mol. The van der Waals surface area contributed by atoms with Crippen molar-refractivity contribution in [2.75, 3.05) is 56.2 Å². The summed E-state index contributed by atoms with van der Waals surface area (Å²) in [6.45, 7) is 10.9. The second-order valence-corrected chi connectivity index (χ2v) is 10.7. The van der Waals surface area contributed by atoms with Gasteiger partial charge in [0.15, 0.2) is 17.4 Å². The van der Waals surface area contributed by atoms with E-state index in [1.807, 2.05) is 13.8 Å². The first kappa shape index (κ1) is 25.0. The zero-order chi connectivity index (χ0) is 26.4. The molecule has 1 N–H and O–H groups in total. The summed E-state index contributed by atoms with van der Waals surface area (Å²) in [5, 5.41) is 3.50. The SMILES string of the molecule is CC(C)N1CCOc2c(F)cc(-c3nc(Cc4ccc(N5CCN(C)CC5)c5c4CNC5)ncc3F)cc21. The third kappa shape index (κ3) is 4.58. The van der Waals surface area contributed by atoms with E-state index in [1.165, 1.54) is 29.1 Å². The maximum atomic E-state index is 15.1. The van der Waals surface area contributed by atoms with Gasteiger partial charge in [0.25, 0.3) is 0 Å². The maximum absolute atomic E-state index is 15.1. The van der Waals surface area contributed by atoms with Gasteiger partial charge in [-0.15, -0.1) is 0 Å². The molecule has 0 aliphatic carbocycles. The molecule has 1 aromatic heterocycles. The van der Waals surface area contributed by atoms with Crippen LogP contribution < -0.4 is 19.9 Å². The number of benzene rings is 2. The van der Waals surface area contributed by atoms with E-state index in [0.717, 1.165) is 44.8 Å². The molecule has 2 aromatic carbocycles. The van der Waals surface area contributed by atoms with Gasteiger partial charge in [-0.05, 0) is 55.8 Å². The molecule has 0 atom stereocenters. The standard InChI is InChI=1S/C29H34F2N6O/c1-18(2)37-10-11-38-29-23(30)12-20(13-26(29)37)28-24(31)17-33-27(34-28)14-19-4-5-25(22-16-32-15-21(19)22)36-8-6-35(3)7-9-36/h4-5,12-13,17-18,32H,6-11,14-16H2,1-3H3. The van der Waals surface area contributed by atoms with Crippen molar-refractivity contribution in [1.29, 1.82) is 0 Å². The van der Waals surface area contributed by atoms with Crippen LogP contribution in [0, 0.1) is 11.6 Å². The van der Waals surface area contributed by atoms with Crippen LogP contribution in [0.4, 0.5) is 20.2 Å². The fourth-order valence-electron chi connectivity index (χ4n) is 5.80. The molecule has 0 saturated carbocycles. The number of hydrogen-bond acceptors (Lipinski definition) is 7. The van der Waals surface area contributed by atoms with Crippen LogP contribution in [0.2, 0.25) is 0 Å². The minimum atomic E-state index is -0.571. The number of likely N-dealkylation sites (N-methyl/N-ethyl adjacent to an activating group) is 1. The molecule has 0 amide bonds. The minimum absolute atomic E-state index is 0.106. The van der Waals surface area contributed by atoms with Gasteiger partial charge in [-0.1, -0.05) is 6.07 Å². The van der Waals surface area contributed by atoms with Gasteiger partial charge < -0.3 is 24.8 Å². The number of hydrogen-bond donors (Lipinski definition) is 1. The molecular weight excluding hydrogens is 486 g/mol. The Morgan fingerprint density at radius 1 is 0.974 bits per heavy atom.